The van der Waals surface area contributed by atoms with E-state index in [4.69, 9.17) is 0 Å². The van der Waals surface area contributed by atoms with Crippen molar-refractivity contribution >= 4 is 29.1 Å². The zero-order chi connectivity index (χ0) is 20.6. The van der Waals surface area contributed by atoms with Gasteiger partial charge in [0.1, 0.15) is 0 Å². The van der Waals surface area contributed by atoms with Crippen molar-refractivity contribution in [1.29, 1.82) is 0 Å². The van der Waals surface area contributed by atoms with E-state index < -0.39 is 0 Å². The van der Waals surface area contributed by atoms with E-state index in [1.807, 2.05) is 35.2 Å². The zero-order valence-electron chi connectivity index (χ0n) is 16.6. The molecule has 3 rings (SSSR count). The molecule has 7 nitrogen and oxygen atoms in total. The predicted octanol–water partition coefficient (Wildman–Crippen LogP) is 2.43. The van der Waals surface area contributed by atoms with Crippen LogP contribution in [0.3, 0.4) is 0 Å². The van der Waals surface area contributed by atoms with Crippen LogP contribution in [0.2, 0.25) is 0 Å². The standard InChI is InChI=1S/C22H26N4O3/c1-2-20(27)24-19-10-6-7-17(15-19)22(29)26-13-11-25(12-14-26)16-21(28)23-18-8-4-3-5-9-18/h3-10,15H,2,11-14,16H2,1H3,(H,23,28)(H,24,27). The summed E-state index contributed by atoms with van der Waals surface area (Å²) in [4.78, 5) is 40.4. The van der Waals surface area contributed by atoms with Crippen LogP contribution in [0.1, 0.15) is 23.7 Å². The highest BCUT2D eigenvalue weighted by atomic mass is 16.2. The average Bonchev–Trinajstić information content (AvgIpc) is 2.74. The Morgan fingerprint density at radius 1 is 0.828 bits per heavy atom. The molecule has 0 radical (unpaired) electrons. The number of para-hydroxylation sites is 1. The second-order valence-corrected chi connectivity index (χ2v) is 6.97. The van der Waals surface area contributed by atoms with Gasteiger partial charge in [-0.3, -0.25) is 19.3 Å². The highest BCUT2D eigenvalue weighted by Crippen LogP contribution is 2.15. The topological polar surface area (TPSA) is 81.8 Å². The van der Waals surface area contributed by atoms with Crippen LogP contribution in [0.25, 0.3) is 0 Å². The smallest absolute Gasteiger partial charge is 0.254 e. The highest BCUT2D eigenvalue weighted by Gasteiger charge is 2.23. The number of carbonyl (C=O) groups is 3. The third-order valence-corrected chi connectivity index (χ3v) is 4.80. The van der Waals surface area contributed by atoms with Gasteiger partial charge in [-0.15, -0.1) is 0 Å². The molecular formula is C22H26N4O3. The number of carbonyl (C=O) groups excluding carboxylic acids is 3. The second-order valence-electron chi connectivity index (χ2n) is 6.97. The molecule has 0 bridgehead atoms. The Morgan fingerprint density at radius 2 is 1.48 bits per heavy atom. The predicted molar refractivity (Wildman–Crippen MR) is 113 cm³/mol. The number of hydrogen-bond acceptors (Lipinski definition) is 4. The lowest BCUT2D eigenvalue weighted by atomic mass is 10.1. The van der Waals surface area contributed by atoms with Crippen LogP contribution in [0.4, 0.5) is 11.4 Å². The first-order valence-corrected chi connectivity index (χ1v) is 9.81. The lowest BCUT2D eigenvalue weighted by Gasteiger charge is -2.34. The second kappa shape index (κ2) is 9.84. The van der Waals surface area contributed by atoms with Crippen molar-refractivity contribution in [3.63, 3.8) is 0 Å². The van der Waals surface area contributed by atoms with Crippen LogP contribution in [0.15, 0.2) is 54.6 Å². The number of anilines is 2. The molecule has 1 aliphatic heterocycles. The number of piperazine rings is 1. The molecule has 0 aliphatic carbocycles. The lowest BCUT2D eigenvalue weighted by molar-refractivity contribution is -0.118. The maximum Gasteiger partial charge on any atom is 0.254 e. The Hall–Kier alpha value is -3.19. The van der Waals surface area contributed by atoms with Crippen molar-refractivity contribution in [1.82, 2.24) is 9.80 Å². The van der Waals surface area contributed by atoms with Gasteiger partial charge in [0.05, 0.1) is 6.54 Å². The highest BCUT2D eigenvalue weighted by molar-refractivity contribution is 5.97. The molecule has 1 saturated heterocycles. The van der Waals surface area contributed by atoms with Crippen molar-refractivity contribution in [2.24, 2.45) is 0 Å². The number of amides is 3. The first-order valence-electron chi connectivity index (χ1n) is 9.81. The van der Waals surface area contributed by atoms with Gasteiger partial charge >= 0.3 is 0 Å². The molecule has 0 aromatic heterocycles. The van der Waals surface area contributed by atoms with Gasteiger partial charge in [-0.2, -0.15) is 0 Å². The number of nitrogens with zero attached hydrogens (tertiary/aromatic N) is 2. The SMILES string of the molecule is CCC(=O)Nc1cccc(C(=O)N2CCN(CC(=O)Nc3ccccc3)CC2)c1. The minimum absolute atomic E-state index is 0.0599. The molecule has 1 heterocycles. The Kier molecular flexibility index (Phi) is 6.97. The largest absolute Gasteiger partial charge is 0.336 e. The van der Waals surface area contributed by atoms with Gasteiger partial charge in [-0.05, 0) is 30.3 Å². The number of hydrogen-bond donors (Lipinski definition) is 2. The third-order valence-electron chi connectivity index (χ3n) is 4.80. The Labute approximate surface area is 170 Å². The van der Waals surface area contributed by atoms with Crippen molar-refractivity contribution in [2.75, 3.05) is 43.4 Å². The van der Waals surface area contributed by atoms with E-state index in [9.17, 15) is 14.4 Å². The monoisotopic (exact) mass is 394 g/mol. The Morgan fingerprint density at radius 3 is 2.17 bits per heavy atom. The van der Waals surface area contributed by atoms with E-state index in [0.717, 1.165) is 5.69 Å². The molecule has 0 atom stereocenters. The third kappa shape index (κ3) is 5.89. The maximum atomic E-state index is 12.8. The Balaban J connectivity index is 1.50. The number of rotatable bonds is 6. The molecule has 29 heavy (non-hydrogen) atoms. The van der Waals surface area contributed by atoms with Crippen LogP contribution in [0.5, 0.6) is 0 Å². The molecule has 0 unspecified atom stereocenters. The summed E-state index contributed by atoms with van der Waals surface area (Å²) in [5, 5.41) is 5.66. The van der Waals surface area contributed by atoms with E-state index in [2.05, 4.69) is 10.6 Å². The molecule has 2 aromatic carbocycles. The van der Waals surface area contributed by atoms with Crippen molar-refractivity contribution in [3.8, 4) is 0 Å². The molecule has 0 saturated carbocycles. The molecule has 1 fully saturated rings. The molecule has 1 aliphatic rings. The van der Waals surface area contributed by atoms with Crippen LogP contribution >= 0.6 is 0 Å². The molecule has 152 valence electrons. The maximum absolute atomic E-state index is 12.8. The van der Waals surface area contributed by atoms with Gasteiger partial charge < -0.3 is 15.5 Å². The van der Waals surface area contributed by atoms with Crippen molar-refractivity contribution in [3.05, 3.63) is 60.2 Å². The van der Waals surface area contributed by atoms with Gasteiger partial charge in [-0.25, -0.2) is 0 Å². The van der Waals surface area contributed by atoms with Gasteiger partial charge in [0.2, 0.25) is 11.8 Å². The minimum atomic E-state index is -0.0861. The van der Waals surface area contributed by atoms with Crippen LogP contribution < -0.4 is 10.6 Å². The first-order chi connectivity index (χ1) is 14.0. The molecular weight excluding hydrogens is 368 g/mol. The zero-order valence-corrected chi connectivity index (χ0v) is 16.6. The van der Waals surface area contributed by atoms with Crippen molar-refractivity contribution in [2.45, 2.75) is 13.3 Å². The number of nitrogens with one attached hydrogen (secondary N) is 2. The summed E-state index contributed by atoms with van der Waals surface area (Å²) in [5.41, 5.74) is 1.95. The van der Waals surface area contributed by atoms with Gasteiger partial charge in [0, 0.05) is 49.5 Å². The first kappa shape index (κ1) is 20.5. The van der Waals surface area contributed by atoms with Gasteiger partial charge in [-0.1, -0.05) is 31.2 Å². The Bertz CT molecular complexity index is 861. The average molecular weight is 394 g/mol. The van der Waals surface area contributed by atoms with Crippen LogP contribution in [0, 0.1) is 0 Å². The molecule has 7 heteroatoms. The fourth-order valence-corrected chi connectivity index (χ4v) is 3.20. The lowest BCUT2D eigenvalue weighted by Crippen LogP contribution is -2.50. The molecule has 0 spiro atoms. The summed E-state index contributed by atoms with van der Waals surface area (Å²) in [6.45, 7) is 4.48. The molecule has 2 N–H and O–H groups in total. The quantitative estimate of drug-likeness (QED) is 0.789. The van der Waals surface area contributed by atoms with Crippen LogP contribution in [-0.2, 0) is 9.59 Å². The fraction of sp³-hybridized carbons (Fsp3) is 0.318. The summed E-state index contributed by atoms with van der Waals surface area (Å²) in [6, 6.07) is 16.4. The summed E-state index contributed by atoms with van der Waals surface area (Å²) in [7, 11) is 0. The van der Waals surface area contributed by atoms with E-state index >= 15 is 0 Å². The molecule has 2 aromatic rings. The van der Waals surface area contributed by atoms with E-state index in [-0.39, 0.29) is 17.7 Å². The minimum Gasteiger partial charge on any atom is -0.336 e. The molecule has 3 amide bonds. The summed E-state index contributed by atoms with van der Waals surface area (Å²) >= 11 is 0. The summed E-state index contributed by atoms with van der Waals surface area (Å²) in [6.07, 6.45) is 0.387. The summed E-state index contributed by atoms with van der Waals surface area (Å²) < 4.78 is 0. The fourth-order valence-electron chi connectivity index (χ4n) is 3.20. The van der Waals surface area contributed by atoms with E-state index in [1.165, 1.54) is 0 Å². The van der Waals surface area contributed by atoms with Crippen molar-refractivity contribution < 1.29 is 14.4 Å². The van der Waals surface area contributed by atoms with Gasteiger partial charge in [0.15, 0.2) is 0 Å². The van der Waals surface area contributed by atoms with Crippen LogP contribution in [-0.4, -0.2) is 60.2 Å². The summed E-state index contributed by atoms with van der Waals surface area (Å²) in [5.74, 6) is -0.210. The normalized spacial score (nSPS) is 14.3. The van der Waals surface area contributed by atoms with Gasteiger partial charge in [0.25, 0.3) is 5.91 Å². The van der Waals surface area contributed by atoms with E-state index in [0.29, 0.717) is 50.4 Å². The number of benzene rings is 2. The van der Waals surface area contributed by atoms with E-state index in [1.54, 1.807) is 36.1 Å².